The summed E-state index contributed by atoms with van der Waals surface area (Å²) in [6.45, 7) is 5.21. The second kappa shape index (κ2) is 9.40. The standard InChI is InChI=1S/C23H31F3N2O2/c1-15(2)10-11-27-21(29)20-14-28(22(30)16-6-3-4-7-16)13-19(20)17-8-5-9-18(12-17)23(24,25)26/h5,8-9,12,15-16,19-20H,3-4,6-7,10-11,13-14H2,1-2H3,(H,27,29). The van der Waals surface area contributed by atoms with Gasteiger partial charge in [0.2, 0.25) is 11.8 Å². The average Bonchev–Trinajstić information content (AvgIpc) is 3.37. The van der Waals surface area contributed by atoms with E-state index in [1.807, 2.05) is 0 Å². The molecule has 2 aliphatic rings. The molecule has 166 valence electrons. The van der Waals surface area contributed by atoms with E-state index in [1.165, 1.54) is 6.07 Å². The van der Waals surface area contributed by atoms with E-state index >= 15 is 0 Å². The Kier molecular flexibility index (Phi) is 7.09. The lowest BCUT2D eigenvalue weighted by Crippen LogP contribution is -2.37. The van der Waals surface area contributed by atoms with Gasteiger partial charge in [0.1, 0.15) is 0 Å². The molecule has 30 heavy (non-hydrogen) atoms. The van der Waals surface area contributed by atoms with Crippen LogP contribution in [0.3, 0.4) is 0 Å². The van der Waals surface area contributed by atoms with Crippen molar-refractivity contribution in [2.45, 2.75) is 58.0 Å². The van der Waals surface area contributed by atoms with Gasteiger partial charge in [-0.05, 0) is 36.8 Å². The molecule has 2 amide bonds. The Labute approximate surface area is 176 Å². The van der Waals surface area contributed by atoms with Gasteiger partial charge in [-0.2, -0.15) is 13.2 Å². The number of carbonyl (C=O) groups excluding carboxylic acids is 2. The molecule has 0 bridgehead atoms. The van der Waals surface area contributed by atoms with Gasteiger partial charge in [-0.3, -0.25) is 9.59 Å². The molecule has 1 aromatic rings. The molecule has 2 fully saturated rings. The lowest BCUT2D eigenvalue weighted by Gasteiger charge is -2.20. The fourth-order valence-corrected chi connectivity index (χ4v) is 4.58. The van der Waals surface area contributed by atoms with Crippen LogP contribution in [-0.4, -0.2) is 36.3 Å². The van der Waals surface area contributed by atoms with Crippen molar-refractivity contribution >= 4 is 11.8 Å². The quantitative estimate of drug-likeness (QED) is 0.726. The van der Waals surface area contributed by atoms with E-state index < -0.39 is 23.6 Å². The van der Waals surface area contributed by atoms with E-state index in [4.69, 9.17) is 0 Å². The van der Waals surface area contributed by atoms with Crippen molar-refractivity contribution in [3.63, 3.8) is 0 Å². The number of likely N-dealkylation sites (tertiary alicyclic amines) is 1. The van der Waals surface area contributed by atoms with E-state index in [9.17, 15) is 22.8 Å². The Morgan fingerprint density at radius 1 is 1.17 bits per heavy atom. The minimum Gasteiger partial charge on any atom is -0.356 e. The van der Waals surface area contributed by atoms with Gasteiger partial charge in [0.25, 0.3) is 0 Å². The summed E-state index contributed by atoms with van der Waals surface area (Å²) in [5.41, 5.74) is -0.255. The summed E-state index contributed by atoms with van der Waals surface area (Å²) >= 11 is 0. The Bertz CT molecular complexity index is 757. The van der Waals surface area contributed by atoms with Gasteiger partial charge in [0, 0.05) is 31.5 Å². The Balaban J connectivity index is 1.81. The predicted molar refractivity (Wildman–Crippen MR) is 109 cm³/mol. The first-order chi connectivity index (χ1) is 14.2. The largest absolute Gasteiger partial charge is 0.416 e. The molecular weight excluding hydrogens is 393 g/mol. The minimum absolute atomic E-state index is 0.0186. The van der Waals surface area contributed by atoms with Gasteiger partial charge in [-0.15, -0.1) is 0 Å². The van der Waals surface area contributed by atoms with Gasteiger partial charge >= 0.3 is 6.18 Å². The molecule has 1 N–H and O–H groups in total. The van der Waals surface area contributed by atoms with Crippen molar-refractivity contribution in [3.8, 4) is 0 Å². The number of amides is 2. The highest BCUT2D eigenvalue weighted by Gasteiger charge is 2.42. The lowest BCUT2D eigenvalue weighted by atomic mass is 9.87. The topological polar surface area (TPSA) is 49.4 Å². The summed E-state index contributed by atoms with van der Waals surface area (Å²) in [4.78, 5) is 27.5. The number of hydrogen-bond donors (Lipinski definition) is 1. The molecule has 2 unspecified atom stereocenters. The molecule has 3 rings (SSSR count). The molecule has 0 radical (unpaired) electrons. The van der Waals surface area contributed by atoms with Gasteiger partial charge < -0.3 is 10.2 Å². The van der Waals surface area contributed by atoms with Crippen LogP contribution in [0.2, 0.25) is 0 Å². The van der Waals surface area contributed by atoms with Gasteiger partial charge in [0.15, 0.2) is 0 Å². The zero-order valence-corrected chi connectivity index (χ0v) is 17.7. The molecule has 0 aromatic heterocycles. The highest BCUT2D eigenvalue weighted by molar-refractivity contribution is 5.84. The fourth-order valence-electron chi connectivity index (χ4n) is 4.58. The molecule has 0 spiro atoms. The number of halogens is 3. The van der Waals surface area contributed by atoms with Crippen molar-refractivity contribution in [1.82, 2.24) is 10.2 Å². The number of hydrogen-bond acceptors (Lipinski definition) is 2. The second-order valence-corrected chi connectivity index (χ2v) is 9.03. The summed E-state index contributed by atoms with van der Waals surface area (Å²) < 4.78 is 39.7. The van der Waals surface area contributed by atoms with E-state index in [0.29, 0.717) is 24.6 Å². The monoisotopic (exact) mass is 424 g/mol. The number of benzene rings is 1. The average molecular weight is 425 g/mol. The maximum atomic E-state index is 13.2. The van der Waals surface area contributed by atoms with Crippen LogP contribution in [0, 0.1) is 17.8 Å². The Morgan fingerprint density at radius 2 is 1.87 bits per heavy atom. The molecule has 1 aliphatic carbocycles. The molecule has 1 saturated carbocycles. The number of nitrogens with one attached hydrogen (secondary N) is 1. The van der Waals surface area contributed by atoms with Gasteiger partial charge in [-0.25, -0.2) is 0 Å². The fraction of sp³-hybridized carbons (Fsp3) is 0.652. The highest BCUT2D eigenvalue weighted by Crippen LogP contribution is 2.38. The molecular formula is C23H31F3N2O2. The SMILES string of the molecule is CC(C)CCNC(=O)C1CN(C(=O)C2CCCC2)CC1c1cccc(C(F)(F)F)c1. The summed E-state index contributed by atoms with van der Waals surface area (Å²) in [6, 6.07) is 5.19. The van der Waals surface area contributed by atoms with Crippen LogP contribution >= 0.6 is 0 Å². The number of alkyl halides is 3. The number of rotatable bonds is 6. The molecule has 1 heterocycles. The Morgan fingerprint density at radius 3 is 2.50 bits per heavy atom. The van der Waals surface area contributed by atoms with Crippen LogP contribution in [0.25, 0.3) is 0 Å². The summed E-state index contributed by atoms with van der Waals surface area (Å²) in [7, 11) is 0. The van der Waals surface area contributed by atoms with Crippen LogP contribution in [-0.2, 0) is 15.8 Å². The second-order valence-electron chi connectivity index (χ2n) is 9.03. The molecule has 4 nitrogen and oxygen atoms in total. The first-order valence-electron chi connectivity index (χ1n) is 10.9. The molecule has 2 atom stereocenters. The zero-order chi connectivity index (χ0) is 21.9. The first kappa shape index (κ1) is 22.6. The third-order valence-electron chi connectivity index (χ3n) is 6.34. The molecule has 1 aromatic carbocycles. The van der Waals surface area contributed by atoms with E-state index in [1.54, 1.807) is 11.0 Å². The number of nitrogens with zero attached hydrogens (tertiary/aromatic N) is 1. The third-order valence-corrected chi connectivity index (χ3v) is 6.34. The van der Waals surface area contributed by atoms with Crippen molar-refractivity contribution in [2.24, 2.45) is 17.8 Å². The zero-order valence-electron chi connectivity index (χ0n) is 17.7. The van der Waals surface area contributed by atoms with Crippen LogP contribution in [0.1, 0.15) is 63.0 Å². The summed E-state index contributed by atoms with van der Waals surface area (Å²) in [6.07, 6.45) is 0.158. The maximum Gasteiger partial charge on any atom is 0.416 e. The van der Waals surface area contributed by atoms with Crippen molar-refractivity contribution in [2.75, 3.05) is 19.6 Å². The van der Waals surface area contributed by atoms with E-state index in [-0.39, 0.29) is 24.3 Å². The minimum atomic E-state index is -4.44. The molecule has 7 heteroatoms. The lowest BCUT2D eigenvalue weighted by molar-refractivity contribution is -0.138. The smallest absolute Gasteiger partial charge is 0.356 e. The van der Waals surface area contributed by atoms with Crippen LogP contribution in [0.15, 0.2) is 24.3 Å². The van der Waals surface area contributed by atoms with Crippen molar-refractivity contribution < 1.29 is 22.8 Å². The number of carbonyl (C=O) groups is 2. The van der Waals surface area contributed by atoms with Crippen LogP contribution < -0.4 is 5.32 Å². The summed E-state index contributed by atoms with van der Waals surface area (Å²) in [5, 5.41) is 2.93. The Hall–Kier alpha value is -2.05. The van der Waals surface area contributed by atoms with Crippen molar-refractivity contribution in [1.29, 1.82) is 0 Å². The normalized spacial score (nSPS) is 22.7. The van der Waals surface area contributed by atoms with Gasteiger partial charge in [-0.1, -0.05) is 44.9 Å². The van der Waals surface area contributed by atoms with E-state index in [0.717, 1.165) is 44.2 Å². The molecule has 1 saturated heterocycles. The van der Waals surface area contributed by atoms with E-state index in [2.05, 4.69) is 19.2 Å². The summed E-state index contributed by atoms with van der Waals surface area (Å²) in [5.74, 6) is -0.687. The van der Waals surface area contributed by atoms with Gasteiger partial charge in [0.05, 0.1) is 11.5 Å². The van der Waals surface area contributed by atoms with Crippen molar-refractivity contribution in [3.05, 3.63) is 35.4 Å². The maximum absolute atomic E-state index is 13.2. The first-order valence-corrected chi connectivity index (χ1v) is 10.9. The predicted octanol–water partition coefficient (Wildman–Crippen LogP) is 4.60. The highest BCUT2D eigenvalue weighted by atomic mass is 19.4. The van der Waals surface area contributed by atoms with Crippen LogP contribution in [0.4, 0.5) is 13.2 Å². The van der Waals surface area contributed by atoms with Crippen LogP contribution in [0.5, 0.6) is 0 Å². The molecule has 1 aliphatic heterocycles. The third kappa shape index (κ3) is 5.35.